The van der Waals surface area contributed by atoms with Gasteiger partial charge in [-0.15, -0.1) is 0 Å². The smallest absolute Gasteiger partial charge is 0.347 e. The van der Waals surface area contributed by atoms with E-state index >= 15 is 0 Å². The predicted octanol–water partition coefficient (Wildman–Crippen LogP) is 5.05. The minimum atomic E-state index is -0.825. The molecular formula is C28H22O7. The second-order valence-corrected chi connectivity index (χ2v) is 7.98. The Morgan fingerprint density at radius 1 is 0.829 bits per heavy atom. The number of hydrogen-bond acceptors (Lipinski definition) is 7. The molecule has 1 unspecified atom stereocenters. The summed E-state index contributed by atoms with van der Waals surface area (Å²) in [6.45, 7) is 2.65. The first kappa shape index (κ1) is 23.6. The van der Waals surface area contributed by atoms with Gasteiger partial charge in [0.25, 0.3) is 0 Å². The van der Waals surface area contributed by atoms with Crippen molar-refractivity contribution in [2.75, 3.05) is 0 Å². The maximum absolute atomic E-state index is 13.3. The zero-order chi connectivity index (χ0) is 24.9. The van der Waals surface area contributed by atoms with Crippen molar-refractivity contribution in [1.82, 2.24) is 0 Å². The van der Waals surface area contributed by atoms with Crippen molar-refractivity contribution in [3.05, 3.63) is 106 Å². The molecule has 1 heterocycles. The summed E-state index contributed by atoms with van der Waals surface area (Å²) in [6, 6.07) is 21.8. The van der Waals surface area contributed by atoms with Crippen molar-refractivity contribution in [1.29, 1.82) is 0 Å². The van der Waals surface area contributed by atoms with Crippen molar-refractivity contribution in [2.24, 2.45) is 0 Å². The van der Waals surface area contributed by atoms with Gasteiger partial charge in [-0.05, 0) is 36.8 Å². The Morgan fingerprint density at radius 3 is 2.20 bits per heavy atom. The van der Waals surface area contributed by atoms with Crippen LogP contribution in [0.15, 0.2) is 88.1 Å². The van der Waals surface area contributed by atoms with E-state index in [0.29, 0.717) is 10.9 Å². The average molecular weight is 470 g/mol. The van der Waals surface area contributed by atoms with Crippen molar-refractivity contribution in [2.45, 2.75) is 26.2 Å². The summed E-state index contributed by atoms with van der Waals surface area (Å²) in [5.74, 6) is -2.25. The zero-order valence-corrected chi connectivity index (χ0v) is 19.1. The van der Waals surface area contributed by atoms with Gasteiger partial charge < -0.3 is 13.9 Å². The number of benzene rings is 3. The molecule has 35 heavy (non-hydrogen) atoms. The van der Waals surface area contributed by atoms with E-state index in [9.17, 15) is 19.2 Å². The van der Waals surface area contributed by atoms with Gasteiger partial charge >= 0.3 is 17.6 Å². The summed E-state index contributed by atoms with van der Waals surface area (Å²) in [5.41, 5.74) is 0.280. The Morgan fingerprint density at radius 2 is 1.49 bits per heavy atom. The van der Waals surface area contributed by atoms with Gasteiger partial charge in [-0.3, -0.25) is 9.59 Å². The number of ketones is 1. The van der Waals surface area contributed by atoms with Crippen LogP contribution < -0.4 is 15.1 Å². The standard InChI is InChI=1S/C28H22O7/c1-17(29)16-22(19-10-4-3-5-11-19)25-26(20-12-6-8-14-23(20)34-28(25)32)35-27(31)21-13-7-9-15-24(21)33-18(2)30/h3-15,22H,16H2,1-2H3. The highest BCUT2D eigenvalue weighted by Crippen LogP contribution is 2.38. The molecule has 0 aliphatic heterocycles. The van der Waals surface area contributed by atoms with Crippen molar-refractivity contribution in [3.8, 4) is 11.5 Å². The lowest BCUT2D eigenvalue weighted by Gasteiger charge is -2.20. The van der Waals surface area contributed by atoms with Gasteiger partial charge in [0.05, 0.1) is 10.9 Å². The van der Waals surface area contributed by atoms with Crippen LogP contribution in [-0.4, -0.2) is 17.7 Å². The predicted molar refractivity (Wildman–Crippen MR) is 129 cm³/mol. The molecule has 176 valence electrons. The molecule has 1 aromatic heterocycles. The molecule has 0 bridgehead atoms. The average Bonchev–Trinajstić information content (AvgIpc) is 2.83. The highest BCUT2D eigenvalue weighted by atomic mass is 16.6. The summed E-state index contributed by atoms with van der Waals surface area (Å²) in [5, 5.41) is 0.393. The molecule has 0 fully saturated rings. The van der Waals surface area contributed by atoms with E-state index in [1.807, 2.05) is 6.07 Å². The SMILES string of the molecule is CC(=O)CC(c1ccccc1)c1c(OC(=O)c2ccccc2OC(C)=O)c2ccccc2oc1=O. The summed E-state index contributed by atoms with van der Waals surface area (Å²) >= 11 is 0. The Labute approximate surface area is 200 Å². The lowest BCUT2D eigenvalue weighted by atomic mass is 9.87. The Kier molecular flexibility index (Phi) is 6.87. The summed E-state index contributed by atoms with van der Waals surface area (Å²) in [7, 11) is 0. The fourth-order valence-electron chi connectivity index (χ4n) is 3.93. The van der Waals surface area contributed by atoms with Gasteiger partial charge in [-0.25, -0.2) is 9.59 Å². The molecule has 1 atom stereocenters. The first-order valence-electron chi connectivity index (χ1n) is 10.9. The molecule has 0 saturated carbocycles. The third-order valence-electron chi connectivity index (χ3n) is 5.40. The third-order valence-corrected chi connectivity index (χ3v) is 5.40. The summed E-state index contributed by atoms with van der Waals surface area (Å²) in [6.07, 6.45) is 0.00169. The Balaban J connectivity index is 1.91. The monoisotopic (exact) mass is 470 g/mol. The number of ether oxygens (including phenoxy) is 2. The second kappa shape index (κ2) is 10.2. The van der Waals surface area contributed by atoms with E-state index in [1.54, 1.807) is 60.7 Å². The van der Waals surface area contributed by atoms with Gasteiger partial charge in [0, 0.05) is 19.3 Å². The molecule has 4 aromatic rings. The van der Waals surface area contributed by atoms with E-state index in [-0.39, 0.29) is 40.4 Å². The van der Waals surface area contributed by atoms with Crippen molar-refractivity contribution in [3.63, 3.8) is 0 Å². The molecule has 0 saturated heterocycles. The van der Waals surface area contributed by atoms with Gasteiger partial charge in [-0.1, -0.05) is 54.6 Å². The van der Waals surface area contributed by atoms with Crippen LogP contribution >= 0.6 is 0 Å². The minimum Gasteiger partial charge on any atom is -0.426 e. The number of fused-ring (bicyclic) bond motifs is 1. The van der Waals surface area contributed by atoms with Crippen LogP contribution in [0.5, 0.6) is 11.5 Å². The second-order valence-electron chi connectivity index (χ2n) is 7.98. The van der Waals surface area contributed by atoms with Crippen LogP contribution in [0.3, 0.4) is 0 Å². The molecule has 4 rings (SSSR count). The highest BCUT2D eigenvalue weighted by molar-refractivity contribution is 5.97. The topological polar surface area (TPSA) is 99.9 Å². The van der Waals surface area contributed by atoms with Gasteiger partial charge in [0.1, 0.15) is 22.7 Å². The molecule has 0 amide bonds. The number of rotatable bonds is 7. The molecule has 0 spiro atoms. The number of hydrogen-bond donors (Lipinski definition) is 0. The van der Waals surface area contributed by atoms with Crippen LogP contribution in [0.1, 0.15) is 47.7 Å². The van der Waals surface area contributed by atoms with E-state index in [4.69, 9.17) is 13.9 Å². The third kappa shape index (κ3) is 5.19. The van der Waals surface area contributed by atoms with Gasteiger partial charge in [0.2, 0.25) is 0 Å². The van der Waals surface area contributed by atoms with E-state index in [0.717, 1.165) is 0 Å². The molecule has 0 aliphatic rings. The fraction of sp³-hybridized carbons (Fsp3) is 0.143. The van der Waals surface area contributed by atoms with Crippen LogP contribution in [0.4, 0.5) is 0 Å². The van der Waals surface area contributed by atoms with Gasteiger partial charge in [-0.2, -0.15) is 0 Å². The molecule has 0 aliphatic carbocycles. The molecular weight excluding hydrogens is 448 g/mol. The van der Waals surface area contributed by atoms with E-state index in [1.165, 1.54) is 26.0 Å². The number of Topliss-reactive ketones (excluding diaryl/α,β-unsaturated/α-hetero) is 1. The zero-order valence-electron chi connectivity index (χ0n) is 19.1. The molecule has 0 radical (unpaired) electrons. The number of carbonyl (C=O) groups excluding carboxylic acids is 3. The number of esters is 2. The lowest BCUT2D eigenvalue weighted by molar-refractivity contribution is -0.131. The van der Waals surface area contributed by atoms with Crippen molar-refractivity contribution >= 4 is 28.7 Å². The molecule has 0 N–H and O–H groups in total. The Bertz CT molecular complexity index is 1470. The molecule has 7 nitrogen and oxygen atoms in total. The maximum Gasteiger partial charge on any atom is 0.347 e. The quantitative estimate of drug-likeness (QED) is 0.212. The maximum atomic E-state index is 13.3. The fourth-order valence-corrected chi connectivity index (χ4v) is 3.93. The van der Waals surface area contributed by atoms with Crippen LogP contribution in [0, 0.1) is 0 Å². The molecule has 3 aromatic carbocycles. The first-order valence-corrected chi connectivity index (χ1v) is 10.9. The highest BCUT2D eigenvalue weighted by Gasteiger charge is 2.29. The number of carbonyl (C=O) groups is 3. The Hall–Kier alpha value is -4.52. The first-order chi connectivity index (χ1) is 16.8. The summed E-state index contributed by atoms with van der Waals surface area (Å²) < 4.78 is 16.5. The normalized spacial score (nSPS) is 11.6. The molecule has 7 heteroatoms. The largest absolute Gasteiger partial charge is 0.426 e. The van der Waals surface area contributed by atoms with Gasteiger partial charge in [0.15, 0.2) is 5.75 Å². The van der Waals surface area contributed by atoms with Crippen LogP contribution in [0.25, 0.3) is 11.0 Å². The summed E-state index contributed by atoms with van der Waals surface area (Å²) in [4.78, 5) is 50.2. The van der Waals surface area contributed by atoms with E-state index in [2.05, 4.69) is 0 Å². The van der Waals surface area contributed by atoms with Crippen molar-refractivity contribution < 1.29 is 28.3 Å². The van der Waals surface area contributed by atoms with Crippen LogP contribution in [-0.2, 0) is 9.59 Å². The van der Waals surface area contributed by atoms with E-state index < -0.39 is 23.5 Å². The lowest BCUT2D eigenvalue weighted by Crippen LogP contribution is -2.21. The number of para-hydroxylation sites is 2. The van der Waals surface area contributed by atoms with Crippen LogP contribution in [0.2, 0.25) is 0 Å². The minimum absolute atomic E-state index is 0.00169.